The summed E-state index contributed by atoms with van der Waals surface area (Å²) >= 11 is 0. The minimum Gasteiger partial charge on any atom is -0.316 e. The molecule has 2 N–H and O–H groups in total. The normalized spacial score (nSPS) is 8.45. The standard InChI is InChI=1S/C7H12N2O2/c1-3-5-9(6-4-2)7(10)8-11/h3-4,11H,1-2,5-6H2,(H,8,10). The van der Waals surface area contributed by atoms with E-state index in [9.17, 15) is 4.79 Å². The number of nitrogens with one attached hydrogen (secondary N) is 1. The number of carbonyl (C=O) groups excluding carboxylic acids is 1. The number of hydrogen-bond donors (Lipinski definition) is 2. The van der Waals surface area contributed by atoms with Gasteiger partial charge in [-0.3, -0.25) is 5.21 Å². The Morgan fingerprint density at radius 3 is 2.18 bits per heavy atom. The van der Waals surface area contributed by atoms with Gasteiger partial charge in [0.2, 0.25) is 0 Å². The predicted octanol–water partition coefficient (Wildman–Crippen LogP) is 0.759. The number of amides is 2. The van der Waals surface area contributed by atoms with Gasteiger partial charge in [0.1, 0.15) is 0 Å². The molecule has 0 unspecified atom stereocenters. The summed E-state index contributed by atoms with van der Waals surface area (Å²) in [6.45, 7) is 7.70. The Bertz CT molecular complexity index is 147. The molecule has 0 bridgehead atoms. The number of rotatable bonds is 4. The Kier molecular flexibility index (Phi) is 4.85. The lowest BCUT2D eigenvalue weighted by atomic mass is 10.5. The van der Waals surface area contributed by atoms with E-state index in [-0.39, 0.29) is 0 Å². The summed E-state index contributed by atoms with van der Waals surface area (Å²) in [4.78, 5) is 12.1. The van der Waals surface area contributed by atoms with E-state index < -0.39 is 6.03 Å². The first-order valence-electron chi connectivity index (χ1n) is 3.17. The zero-order valence-corrected chi connectivity index (χ0v) is 6.29. The van der Waals surface area contributed by atoms with Crippen LogP contribution in [-0.2, 0) is 0 Å². The highest BCUT2D eigenvalue weighted by molar-refractivity contribution is 5.73. The number of nitrogens with zero attached hydrogens (tertiary/aromatic N) is 1. The first-order chi connectivity index (χ1) is 5.26. The van der Waals surface area contributed by atoms with Crippen molar-refractivity contribution in [2.75, 3.05) is 13.1 Å². The van der Waals surface area contributed by atoms with Gasteiger partial charge in [-0.1, -0.05) is 12.2 Å². The zero-order chi connectivity index (χ0) is 8.69. The van der Waals surface area contributed by atoms with Gasteiger partial charge in [-0.25, -0.2) is 10.3 Å². The Balaban J connectivity index is 3.95. The van der Waals surface area contributed by atoms with Crippen molar-refractivity contribution in [2.45, 2.75) is 0 Å². The van der Waals surface area contributed by atoms with Gasteiger partial charge in [0.15, 0.2) is 0 Å². The molecule has 0 spiro atoms. The van der Waals surface area contributed by atoms with Crippen LogP contribution in [-0.4, -0.2) is 29.2 Å². The van der Waals surface area contributed by atoms with Crippen LogP contribution in [0.4, 0.5) is 4.79 Å². The lowest BCUT2D eigenvalue weighted by Gasteiger charge is -2.16. The fraction of sp³-hybridized carbons (Fsp3) is 0.286. The van der Waals surface area contributed by atoms with Gasteiger partial charge < -0.3 is 4.90 Å². The third-order valence-corrected chi connectivity index (χ3v) is 1.08. The molecule has 62 valence electrons. The molecule has 0 aliphatic heterocycles. The summed E-state index contributed by atoms with van der Waals surface area (Å²) in [5, 5.41) is 8.25. The Hall–Kier alpha value is -1.29. The van der Waals surface area contributed by atoms with Crippen LogP contribution < -0.4 is 5.48 Å². The summed E-state index contributed by atoms with van der Waals surface area (Å²) in [7, 11) is 0. The SMILES string of the molecule is C=CCN(CC=C)C(=O)NO. The van der Waals surface area contributed by atoms with Crippen LogP contribution in [0.2, 0.25) is 0 Å². The molecule has 0 heterocycles. The van der Waals surface area contributed by atoms with Crippen molar-refractivity contribution in [3.05, 3.63) is 25.3 Å². The molecule has 0 rings (SSSR count). The number of urea groups is 1. The largest absolute Gasteiger partial charge is 0.341 e. The van der Waals surface area contributed by atoms with E-state index in [0.29, 0.717) is 13.1 Å². The Labute approximate surface area is 65.8 Å². The van der Waals surface area contributed by atoms with Crippen molar-refractivity contribution in [2.24, 2.45) is 0 Å². The van der Waals surface area contributed by atoms with Crippen LogP contribution in [0.5, 0.6) is 0 Å². The number of carbonyl (C=O) groups is 1. The summed E-state index contributed by atoms with van der Waals surface area (Å²) in [5.41, 5.74) is 1.53. The van der Waals surface area contributed by atoms with Gasteiger partial charge in [0.25, 0.3) is 0 Å². The maximum atomic E-state index is 10.8. The molecular weight excluding hydrogens is 144 g/mol. The molecule has 0 atom stereocenters. The van der Waals surface area contributed by atoms with Crippen LogP contribution in [0.15, 0.2) is 25.3 Å². The minimum absolute atomic E-state index is 0.387. The quantitative estimate of drug-likeness (QED) is 0.358. The Morgan fingerprint density at radius 2 is 1.91 bits per heavy atom. The zero-order valence-electron chi connectivity index (χ0n) is 6.29. The van der Waals surface area contributed by atoms with Gasteiger partial charge in [0.05, 0.1) is 0 Å². The summed E-state index contributed by atoms with van der Waals surface area (Å²) < 4.78 is 0. The average Bonchev–Trinajstić information content (AvgIpc) is 2.03. The van der Waals surface area contributed by atoms with Gasteiger partial charge in [0, 0.05) is 13.1 Å². The van der Waals surface area contributed by atoms with Crippen LogP contribution in [0.3, 0.4) is 0 Å². The van der Waals surface area contributed by atoms with E-state index in [1.54, 1.807) is 12.2 Å². The second kappa shape index (κ2) is 5.49. The van der Waals surface area contributed by atoms with E-state index in [2.05, 4.69) is 13.2 Å². The molecule has 0 saturated carbocycles. The lowest BCUT2D eigenvalue weighted by molar-refractivity contribution is 0.135. The first-order valence-corrected chi connectivity index (χ1v) is 3.17. The van der Waals surface area contributed by atoms with E-state index in [0.717, 1.165) is 0 Å². The van der Waals surface area contributed by atoms with E-state index in [4.69, 9.17) is 5.21 Å². The van der Waals surface area contributed by atoms with E-state index in [1.807, 2.05) is 0 Å². The monoisotopic (exact) mass is 156 g/mol. The van der Waals surface area contributed by atoms with Gasteiger partial charge in [-0.15, -0.1) is 13.2 Å². The van der Waals surface area contributed by atoms with E-state index >= 15 is 0 Å². The summed E-state index contributed by atoms with van der Waals surface area (Å²) in [6.07, 6.45) is 3.14. The maximum absolute atomic E-state index is 10.8. The first kappa shape index (κ1) is 9.71. The Morgan fingerprint density at radius 1 is 1.45 bits per heavy atom. The number of hydroxylamine groups is 1. The van der Waals surface area contributed by atoms with Crippen molar-refractivity contribution in [3.8, 4) is 0 Å². The van der Waals surface area contributed by atoms with Crippen molar-refractivity contribution >= 4 is 6.03 Å². The molecule has 0 fully saturated rings. The minimum atomic E-state index is -0.551. The second-order valence-electron chi connectivity index (χ2n) is 1.90. The fourth-order valence-electron chi connectivity index (χ4n) is 0.623. The second-order valence-corrected chi connectivity index (χ2v) is 1.90. The van der Waals surface area contributed by atoms with Crippen LogP contribution >= 0.6 is 0 Å². The summed E-state index contributed by atoms with van der Waals surface area (Å²) in [5.74, 6) is 0. The van der Waals surface area contributed by atoms with Gasteiger partial charge in [-0.05, 0) is 0 Å². The average molecular weight is 156 g/mol. The molecule has 0 aromatic heterocycles. The predicted molar refractivity (Wildman–Crippen MR) is 42.3 cm³/mol. The third kappa shape index (κ3) is 3.42. The molecule has 0 aliphatic carbocycles. The summed E-state index contributed by atoms with van der Waals surface area (Å²) in [6, 6.07) is -0.551. The lowest BCUT2D eigenvalue weighted by Crippen LogP contribution is -2.38. The molecule has 0 aromatic rings. The molecule has 4 heteroatoms. The van der Waals surface area contributed by atoms with Gasteiger partial charge >= 0.3 is 6.03 Å². The third-order valence-electron chi connectivity index (χ3n) is 1.08. The molecule has 0 saturated heterocycles. The fourth-order valence-corrected chi connectivity index (χ4v) is 0.623. The molecule has 4 nitrogen and oxygen atoms in total. The number of hydrogen-bond acceptors (Lipinski definition) is 2. The van der Waals surface area contributed by atoms with Gasteiger partial charge in [-0.2, -0.15) is 0 Å². The molecule has 0 radical (unpaired) electrons. The molecule has 0 aromatic carbocycles. The highest BCUT2D eigenvalue weighted by Gasteiger charge is 2.07. The topological polar surface area (TPSA) is 52.6 Å². The smallest absolute Gasteiger partial charge is 0.316 e. The van der Waals surface area contributed by atoms with Crippen LogP contribution in [0.1, 0.15) is 0 Å². The van der Waals surface area contributed by atoms with Crippen molar-refractivity contribution < 1.29 is 10.0 Å². The van der Waals surface area contributed by atoms with Crippen LogP contribution in [0, 0.1) is 0 Å². The molecule has 2 amide bonds. The van der Waals surface area contributed by atoms with Crippen molar-refractivity contribution in [1.82, 2.24) is 10.4 Å². The van der Waals surface area contributed by atoms with E-state index in [1.165, 1.54) is 10.4 Å². The maximum Gasteiger partial charge on any atom is 0.341 e. The molecule has 0 aliphatic rings. The highest BCUT2D eigenvalue weighted by atomic mass is 16.5. The van der Waals surface area contributed by atoms with Crippen molar-refractivity contribution in [1.29, 1.82) is 0 Å². The van der Waals surface area contributed by atoms with Crippen LogP contribution in [0.25, 0.3) is 0 Å². The highest BCUT2D eigenvalue weighted by Crippen LogP contribution is 1.88. The van der Waals surface area contributed by atoms with Crippen molar-refractivity contribution in [3.63, 3.8) is 0 Å². The molecular formula is C7H12N2O2. The molecule has 11 heavy (non-hydrogen) atoms.